The molecule has 1 aromatic rings. The lowest BCUT2D eigenvalue weighted by Crippen LogP contribution is -2.30. The van der Waals surface area contributed by atoms with Crippen LogP contribution in [0.5, 0.6) is 0 Å². The second-order valence-electron chi connectivity index (χ2n) is 3.81. The van der Waals surface area contributed by atoms with Gasteiger partial charge in [0.1, 0.15) is 0 Å². The van der Waals surface area contributed by atoms with Crippen LogP contribution in [0.1, 0.15) is 18.9 Å². The summed E-state index contributed by atoms with van der Waals surface area (Å²) in [4.78, 5) is 0. The van der Waals surface area contributed by atoms with E-state index in [0.29, 0.717) is 6.04 Å². The van der Waals surface area contributed by atoms with Crippen molar-refractivity contribution < 1.29 is 0 Å². The average molecular weight is 271 g/mol. The largest absolute Gasteiger partial charge is 0.330 e. The Morgan fingerprint density at radius 1 is 1.33 bits per heavy atom. The Hall–Kier alpha value is -0.380. The Morgan fingerprint density at radius 2 is 2.00 bits per heavy atom. The summed E-state index contributed by atoms with van der Waals surface area (Å²) in [5, 5.41) is 3.45. The molecule has 0 bridgehead atoms. The van der Waals surface area contributed by atoms with Gasteiger partial charge in [0.15, 0.2) is 0 Å². The van der Waals surface area contributed by atoms with Crippen molar-refractivity contribution in [3.05, 3.63) is 34.3 Å². The normalized spacial score (nSPS) is 12.7. The monoisotopic (exact) mass is 270 g/mol. The van der Waals surface area contributed by atoms with Crippen molar-refractivity contribution in [3.63, 3.8) is 0 Å². The zero-order valence-electron chi connectivity index (χ0n) is 9.17. The second-order valence-corrected chi connectivity index (χ2v) is 4.72. The van der Waals surface area contributed by atoms with Crippen LogP contribution in [0.15, 0.2) is 28.7 Å². The minimum atomic E-state index is 0.519. The smallest absolute Gasteiger partial charge is 0.0175 e. The third kappa shape index (κ3) is 5.30. The first-order valence-corrected chi connectivity index (χ1v) is 6.19. The van der Waals surface area contributed by atoms with E-state index in [9.17, 15) is 0 Å². The van der Waals surface area contributed by atoms with Gasteiger partial charge in [-0.25, -0.2) is 0 Å². The summed E-state index contributed by atoms with van der Waals surface area (Å²) in [7, 11) is 0. The van der Waals surface area contributed by atoms with Gasteiger partial charge in [-0.2, -0.15) is 0 Å². The predicted octanol–water partition coefficient (Wildman–Crippen LogP) is 2.32. The zero-order valence-corrected chi connectivity index (χ0v) is 10.8. The summed E-state index contributed by atoms with van der Waals surface area (Å²) < 4.78 is 1.13. The van der Waals surface area contributed by atoms with Gasteiger partial charge in [-0.3, -0.25) is 0 Å². The van der Waals surface area contributed by atoms with Gasteiger partial charge in [0, 0.05) is 10.5 Å². The number of halogens is 1. The molecule has 84 valence electrons. The van der Waals surface area contributed by atoms with Crippen molar-refractivity contribution in [2.75, 3.05) is 13.1 Å². The number of hydrogen-bond donors (Lipinski definition) is 2. The maximum absolute atomic E-state index is 5.48. The molecule has 1 rings (SSSR count). The summed E-state index contributed by atoms with van der Waals surface area (Å²) in [6, 6.07) is 8.99. The molecule has 0 fully saturated rings. The van der Waals surface area contributed by atoms with Gasteiger partial charge >= 0.3 is 0 Å². The molecule has 0 aliphatic heterocycles. The molecule has 3 heteroatoms. The lowest BCUT2D eigenvalue weighted by molar-refractivity contribution is 0.523. The van der Waals surface area contributed by atoms with E-state index >= 15 is 0 Å². The third-order valence-corrected chi connectivity index (χ3v) is 2.95. The van der Waals surface area contributed by atoms with Crippen LogP contribution in [0.2, 0.25) is 0 Å². The first-order chi connectivity index (χ1) is 7.22. The molecule has 0 aliphatic carbocycles. The van der Waals surface area contributed by atoms with Gasteiger partial charge in [-0.1, -0.05) is 28.1 Å². The van der Waals surface area contributed by atoms with Gasteiger partial charge in [-0.15, -0.1) is 0 Å². The molecular formula is C12H19BrN2. The molecule has 0 aromatic heterocycles. The van der Waals surface area contributed by atoms with Crippen molar-refractivity contribution in [1.82, 2.24) is 5.32 Å². The fourth-order valence-corrected chi connectivity index (χ4v) is 1.73. The molecule has 0 saturated carbocycles. The predicted molar refractivity (Wildman–Crippen MR) is 69.0 cm³/mol. The Labute approximate surface area is 100 Å². The fraction of sp³-hybridized carbons (Fsp3) is 0.500. The number of hydrogen-bond acceptors (Lipinski definition) is 2. The highest BCUT2D eigenvalue weighted by Crippen LogP contribution is 2.10. The van der Waals surface area contributed by atoms with E-state index in [1.807, 2.05) is 0 Å². The van der Waals surface area contributed by atoms with E-state index in [1.165, 1.54) is 5.56 Å². The van der Waals surface area contributed by atoms with E-state index in [-0.39, 0.29) is 0 Å². The molecule has 1 aromatic carbocycles. The molecule has 0 radical (unpaired) electrons. The number of nitrogens with one attached hydrogen (secondary N) is 1. The second kappa shape index (κ2) is 6.99. The van der Waals surface area contributed by atoms with Crippen LogP contribution < -0.4 is 11.1 Å². The van der Waals surface area contributed by atoms with Crippen LogP contribution in [0.25, 0.3) is 0 Å². The van der Waals surface area contributed by atoms with E-state index < -0.39 is 0 Å². The standard InChI is InChI=1S/C12H19BrN2/c1-10(6-8-14)15-9-7-11-2-4-12(13)5-3-11/h2-5,10,15H,6-9,14H2,1H3. The lowest BCUT2D eigenvalue weighted by atomic mass is 10.1. The van der Waals surface area contributed by atoms with Crippen LogP contribution in [-0.4, -0.2) is 19.1 Å². The Morgan fingerprint density at radius 3 is 2.60 bits per heavy atom. The van der Waals surface area contributed by atoms with Gasteiger partial charge < -0.3 is 11.1 Å². The van der Waals surface area contributed by atoms with Crippen LogP contribution >= 0.6 is 15.9 Å². The molecule has 2 nitrogen and oxygen atoms in total. The van der Waals surface area contributed by atoms with Gasteiger partial charge in [0.05, 0.1) is 0 Å². The minimum absolute atomic E-state index is 0.519. The molecule has 0 spiro atoms. The Bertz CT molecular complexity index is 271. The lowest BCUT2D eigenvalue weighted by Gasteiger charge is -2.12. The van der Waals surface area contributed by atoms with Crippen molar-refractivity contribution in [1.29, 1.82) is 0 Å². The minimum Gasteiger partial charge on any atom is -0.330 e. The maximum Gasteiger partial charge on any atom is 0.0175 e. The van der Waals surface area contributed by atoms with Crippen molar-refractivity contribution in [2.24, 2.45) is 5.73 Å². The Kier molecular flexibility index (Phi) is 5.91. The summed E-state index contributed by atoms with van der Waals surface area (Å²) in [5.74, 6) is 0. The molecular weight excluding hydrogens is 252 g/mol. The van der Waals surface area contributed by atoms with Crippen LogP contribution in [0, 0.1) is 0 Å². The molecule has 3 N–H and O–H groups in total. The topological polar surface area (TPSA) is 38.0 Å². The van der Waals surface area contributed by atoms with Crippen molar-refractivity contribution >= 4 is 15.9 Å². The highest BCUT2D eigenvalue weighted by Gasteiger charge is 1.99. The van der Waals surface area contributed by atoms with Crippen LogP contribution in [-0.2, 0) is 6.42 Å². The molecule has 0 saturated heterocycles. The molecule has 0 aliphatic rings. The number of nitrogens with two attached hydrogens (primary N) is 1. The van der Waals surface area contributed by atoms with E-state index in [2.05, 4.69) is 52.4 Å². The average Bonchev–Trinajstić information content (AvgIpc) is 2.21. The summed E-state index contributed by atoms with van der Waals surface area (Å²) in [6.07, 6.45) is 2.11. The highest BCUT2D eigenvalue weighted by atomic mass is 79.9. The summed E-state index contributed by atoms with van der Waals surface area (Å²) in [5.41, 5.74) is 6.85. The number of rotatable bonds is 6. The Balaban J connectivity index is 2.22. The number of benzene rings is 1. The van der Waals surface area contributed by atoms with E-state index in [1.54, 1.807) is 0 Å². The molecule has 0 amide bonds. The third-order valence-electron chi connectivity index (χ3n) is 2.42. The van der Waals surface area contributed by atoms with Crippen molar-refractivity contribution in [2.45, 2.75) is 25.8 Å². The van der Waals surface area contributed by atoms with Crippen molar-refractivity contribution in [3.8, 4) is 0 Å². The molecule has 1 unspecified atom stereocenters. The van der Waals surface area contributed by atoms with Gasteiger partial charge in [-0.05, 0) is 50.6 Å². The summed E-state index contributed by atoms with van der Waals surface area (Å²) in [6.45, 7) is 3.95. The summed E-state index contributed by atoms with van der Waals surface area (Å²) >= 11 is 3.43. The van der Waals surface area contributed by atoms with Gasteiger partial charge in [0.2, 0.25) is 0 Å². The van der Waals surface area contributed by atoms with Gasteiger partial charge in [0.25, 0.3) is 0 Å². The molecule has 1 atom stereocenters. The zero-order chi connectivity index (χ0) is 11.1. The first kappa shape index (κ1) is 12.7. The van der Waals surface area contributed by atoms with E-state index in [4.69, 9.17) is 5.73 Å². The molecule has 0 heterocycles. The van der Waals surface area contributed by atoms with Crippen LogP contribution in [0.3, 0.4) is 0 Å². The quantitative estimate of drug-likeness (QED) is 0.833. The SMILES string of the molecule is CC(CCN)NCCc1ccc(Br)cc1. The fourth-order valence-electron chi connectivity index (χ4n) is 1.47. The maximum atomic E-state index is 5.48. The first-order valence-electron chi connectivity index (χ1n) is 5.40. The highest BCUT2D eigenvalue weighted by molar-refractivity contribution is 9.10. The molecule has 15 heavy (non-hydrogen) atoms. The van der Waals surface area contributed by atoms with Crippen LogP contribution in [0.4, 0.5) is 0 Å². The van der Waals surface area contributed by atoms with E-state index in [0.717, 1.165) is 30.4 Å².